The van der Waals surface area contributed by atoms with Crippen LogP contribution >= 0.6 is 11.3 Å². The lowest BCUT2D eigenvalue weighted by molar-refractivity contribution is 0.522. The first kappa shape index (κ1) is 11.1. The van der Waals surface area contributed by atoms with Gasteiger partial charge in [-0.25, -0.2) is 0 Å². The van der Waals surface area contributed by atoms with Crippen LogP contribution in [0.5, 0.6) is 0 Å². The molecular weight excluding hydrogens is 234 g/mol. The van der Waals surface area contributed by atoms with Gasteiger partial charge >= 0.3 is 0 Å². The van der Waals surface area contributed by atoms with Crippen molar-refractivity contribution in [3.05, 3.63) is 10.8 Å². The van der Waals surface area contributed by atoms with Crippen LogP contribution in [-0.4, -0.2) is 26.4 Å². The predicted octanol–water partition coefficient (Wildman–Crippen LogP) is 1.91. The van der Waals surface area contributed by atoms with E-state index in [2.05, 4.69) is 41.4 Å². The van der Waals surface area contributed by atoms with Gasteiger partial charge in [0.1, 0.15) is 5.01 Å². The van der Waals surface area contributed by atoms with Crippen molar-refractivity contribution in [3.63, 3.8) is 0 Å². The molecule has 0 aromatic carbocycles. The van der Waals surface area contributed by atoms with Crippen molar-refractivity contribution in [2.45, 2.75) is 45.1 Å². The fourth-order valence-corrected chi connectivity index (χ4v) is 3.08. The summed E-state index contributed by atoms with van der Waals surface area (Å²) in [6.07, 6.45) is 2.41. The maximum absolute atomic E-state index is 4.67. The van der Waals surface area contributed by atoms with Crippen molar-refractivity contribution in [2.24, 2.45) is 0 Å². The number of nitrogens with zero attached hydrogens (tertiary/aromatic N) is 4. The molecule has 2 aromatic heterocycles. The standard InChI is InChI=1S/C11H17N5S/c1-11(2,3)9-13-14-10-16(9)15-8(17-10)7-5-4-6-12-7/h7,12H,4-6H2,1-3H3. The van der Waals surface area contributed by atoms with Crippen LogP contribution in [0.15, 0.2) is 0 Å². The molecule has 1 unspecified atom stereocenters. The van der Waals surface area contributed by atoms with Gasteiger partial charge in [-0.15, -0.1) is 10.2 Å². The maximum Gasteiger partial charge on any atom is 0.234 e. The Morgan fingerprint density at radius 1 is 1.35 bits per heavy atom. The minimum absolute atomic E-state index is 0.0200. The van der Waals surface area contributed by atoms with E-state index in [1.165, 1.54) is 12.8 Å². The molecule has 1 N–H and O–H groups in total. The summed E-state index contributed by atoms with van der Waals surface area (Å²) in [6, 6.07) is 0.412. The lowest BCUT2D eigenvalue weighted by Crippen LogP contribution is -2.17. The molecule has 5 nitrogen and oxygen atoms in total. The van der Waals surface area contributed by atoms with E-state index < -0.39 is 0 Å². The van der Waals surface area contributed by atoms with Crippen molar-refractivity contribution in [1.29, 1.82) is 0 Å². The molecular formula is C11H17N5S. The van der Waals surface area contributed by atoms with Gasteiger partial charge < -0.3 is 5.32 Å². The average molecular weight is 251 g/mol. The highest BCUT2D eigenvalue weighted by molar-refractivity contribution is 7.16. The van der Waals surface area contributed by atoms with E-state index >= 15 is 0 Å². The van der Waals surface area contributed by atoms with Gasteiger partial charge in [-0.05, 0) is 19.4 Å². The number of hydrogen-bond donors (Lipinski definition) is 1. The van der Waals surface area contributed by atoms with Crippen molar-refractivity contribution < 1.29 is 0 Å². The molecule has 2 aromatic rings. The van der Waals surface area contributed by atoms with Gasteiger partial charge in [0.15, 0.2) is 5.82 Å². The Hall–Kier alpha value is -1.01. The topological polar surface area (TPSA) is 55.1 Å². The average Bonchev–Trinajstić information content (AvgIpc) is 2.90. The van der Waals surface area contributed by atoms with E-state index in [1.807, 2.05) is 4.52 Å². The second-order valence-electron chi connectivity index (χ2n) is 5.56. The number of nitrogens with one attached hydrogen (secondary N) is 1. The van der Waals surface area contributed by atoms with Crippen LogP contribution in [0.25, 0.3) is 4.96 Å². The van der Waals surface area contributed by atoms with Crippen LogP contribution in [0.3, 0.4) is 0 Å². The van der Waals surface area contributed by atoms with Crippen LogP contribution in [0.2, 0.25) is 0 Å². The molecule has 0 saturated carbocycles. The smallest absolute Gasteiger partial charge is 0.234 e. The fraction of sp³-hybridized carbons (Fsp3) is 0.727. The first-order valence-corrected chi connectivity index (χ1v) is 6.83. The normalized spacial score (nSPS) is 21.5. The maximum atomic E-state index is 4.67. The minimum atomic E-state index is -0.0200. The Kier molecular flexibility index (Phi) is 2.45. The third-order valence-corrected chi connectivity index (χ3v) is 4.05. The zero-order valence-electron chi connectivity index (χ0n) is 10.4. The molecule has 92 valence electrons. The van der Waals surface area contributed by atoms with Gasteiger partial charge in [0.2, 0.25) is 4.96 Å². The van der Waals surface area contributed by atoms with E-state index in [0.29, 0.717) is 6.04 Å². The van der Waals surface area contributed by atoms with Crippen LogP contribution < -0.4 is 5.32 Å². The van der Waals surface area contributed by atoms with Gasteiger partial charge in [-0.2, -0.15) is 9.61 Å². The molecule has 6 heteroatoms. The van der Waals surface area contributed by atoms with E-state index in [1.54, 1.807) is 11.3 Å². The minimum Gasteiger partial charge on any atom is -0.308 e. The highest BCUT2D eigenvalue weighted by Crippen LogP contribution is 2.29. The summed E-state index contributed by atoms with van der Waals surface area (Å²) in [5.74, 6) is 0.938. The van der Waals surface area contributed by atoms with Gasteiger partial charge in [0.05, 0.1) is 6.04 Å². The summed E-state index contributed by atoms with van der Waals surface area (Å²) in [5, 5.41) is 17.7. The molecule has 1 fully saturated rings. The summed E-state index contributed by atoms with van der Waals surface area (Å²) in [5.41, 5.74) is -0.0200. The van der Waals surface area contributed by atoms with Crippen molar-refractivity contribution in [3.8, 4) is 0 Å². The van der Waals surface area contributed by atoms with E-state index in [9.17, 15) is 0 Å². The number of hydrogen-bond acceptors (Lipinski definition) is 5. The monoisotopic (exact) mass is 251 g/mol. The molecule has 0 aliphatic carbocycles. The van der Waals surface area contributed by atoms with Gasteiger partial charge in [0.25, 0.3) is 0 Å². The summed E-state index contributed by atoms with van der Waals surface area (Å²) >= 11 is 1.65. The Balaban J connectivity index is 2.04. The molecule has 1 aliphatic heterocycles. The molecule has 1 aliphatic rings. The quantitative estimate of drug-likeness (QED) is 0.841. The van der Waals surface area contributed by atoms with Crippen LogP contribution in [0.4, 0.5) is 0 Å². The van der Waals surface area contributed by atoms with E-state index in [4.69, 9.17) is 0 Å². The van der Waals surface area contributed by atoms with Crippen LogP contribution in [0.1, 0.15) is 50.5 Å². The zero-order valence-corrected chi connectivity index (χ0v) is 11.2. The summed E-state index contributed by atoms with van der Waals surface area (Å²) < 4.78 is 1.90. The Morgan fingerprint density at radius 2 is 2.18 bits per heavy atom. The third-order valence-electron chi connectivity index (χ3n) is 3.04. The molecule has 1 saturated heterocycles. The highest BCUT2D eigenvalue weighted by atomic mass is 32.1. The van der Waals surface area contributed by atoms with Crippen molar-refractivity contribution in [1.82, 2.24) is 25.1 Å². The molecule has 3 heterocycles. The second-order valence-corrected chi connectivity index (χ2v) is 6.54. The predicted molar refractivity (Wildman–Crippen MR) is 67.3 cm³/mol. The zero-order chi connectivity index (χ0) is 12.0. The lowest BCUT2D eigenvalue weighted by atomic mass is 9.96. The largest absolute Gasteiger partial charge is 0.308 e. The first-order valence-electron chi connectivity index (χ1n) is 6.02. The highest BCUT2D eigenvalue weighted by Gasteiger charge is 2.26. The molecule has 3 rings (SSSR count). The lowest BCUT2D eigenvalue weighted by Gasteiger charge is -2.13. The molecule has 1 atom stereocenters. The number of fused-ring (bicyclic) bond motifs is 1. The Bertz CT molecular complexity index is 530. The Labute approximate surface area is 104 Å². The summed E-state index contributed by atoms with van der Waals surface area (Å²) in [4.78, 5) is 0.902. The molecule has 0 spiro atoms. The molecule has 0 radical (unpaired) electrons. The van der Waals surface area contributed by atoms with E-state index in [-0.39, 0.29) is 5.41 Å². The molecule has 0 amide bonds. The van der Waals surface area contributed by atoms with E-state index in [0.717, 1.165) is 22.3 Å². The third kappa shape index (κ3) is 1.85. The van der Waals surface area contributed by atoms with Crippen molar-refractivity contribution in [2.75, 3.05) is 6.54 Å². The molecule has 17 heavy (non-hydrogen) atoms. The summed E-state index contributed by atoms with van der Waals surface area (Å²) in [6.45, 7) is 7.50. The summed E-state index contributed by atoms with van der Waals surface area (Å²) in [7, 11) is 0. The first-order chi connectivity index (χ1) is 8.05. The van der Waals surface area contributed by atoms with Gasteiger partial charge in [0, 0.05) is 5.41 Å². The van der Waals surface area contributed by atoms with Gasteiger partial charge in [-0.1, -0.05) is 32.1 Å². The van der Waals surface area contributed by atoms with Crippen LogP contribution in [-0.2, 0) is 5.41 Å². The molecule has 0 bridgehead atoms. The number of rotatable bonds is 1. The van der Waals surface area contributed by atoms with Crippen molar-refractivity contribution >= 4 is 16.3 Å². The SMILES string of the molecule is CC(C)(C)c1nnc2sc(C3CCCN3)nn12. The second kappa shape index (κ2) is 3.74. The Morgan fingerprint density at radius 3 is 2.82 bits per heavy atom. The van der Waals surface area contributed by atoms with Crippen LogP contribution in [0, 0.1) is 0 Å². The number of aromatic nitrogens is 4. The van der Waals surface area contributed by atoms with Gasteiger partial charge in [-0.3, -0.25) is 0 Å². The fourth-order valence-electron chi connectivity index (χ4n) is 2.14.